The second-order valence-corrected chi connectivity index (χ2v) is 3.35. The molecule has 0 atom stereocenters. The minimum atomic E-state index is -0.0929. The summed E-state index contributed by atoms with van der Waals surface area (Å²) in [5, 5.41) is 22.0. The first kappa shape index (κ1) is 12.6. The molecule has 0 aliphatic heterocycles. The fraction of sp³-hybridized carbons (Fsp3) is 0.300. The maximum Gasteiger partial charge on any atom is 0.176 e. The van der Waals surface area contributed by atoms with Crippen LogP contribution in [0.15, 0.2) is 17.2 Å². The van der Waals surface area contributed by atoms with E-state index >= 15 is 0 Å². The number of aliphatic hydroxyl groups excluding tert-OH is 1. The molecule has 0 aliphatic rings. The first-order valence-corrected chi connectivity index (χ1v) is 5.00. The molecule has 1 aromatic rings. The smallest absolute Gasteiger partial charge is 0.176 e. The minimum absolute atomic E-state index is 0.0109. The SMILES string of the molecule is COc1cc(C=NNCCO)cc(Cl)c1O. The van der Waals surface area contributed by atoms with E-state index in [0.717, 1.165) is 0 Å². The van der Waals surface area contributed by atoms with E-state index in [9.17, 15) is 5.11 Å². The molecule has 88 valence electrons. The number of ether oxygens (including phenoxy) is 1. The van der Waals surface area contributed by atoms with Crippen molar-refractivity contribution in [1.82, 2.24) is 5.43 Å². The summed E-state index contributed by atoms with van der Waals surface area (Å²) in [5.41, 5.74) is 3.31. The summed E-state index contributed by atoms with van der Waals surface area (Å²) in [6, 6.07) is 3.16. The Morgan fingerprint density at radius 2 is 2.31 bits per heavy atom. The van der Waals surface area contributed by atoms with E-state index in [1.807, 2.05) is 0 Å². The van der Waals surface area contributed by atoms with Crippen LogP contribution < -0.4 is 10.2 Å². The van der Waals surface area contributed by atoms with Crippen LogP contribution in [0.25, 0.3) is 0 Å². The number of phenolic OH excluding ortho intramolecular Hbond substituents is 1. The maximum absolute atomic E-state index is 9.48. The van der Waals surface area contributed by atoms with Gasteiger partial charge in [0.2, 0.25) is 0 Å². The number of benzene rings is 1. The fourth-order valence-corrected chi connectivity index (χ4v) is 1.28. The van der Waals surface area contributed by atoms with Gasteiger partial charge in [-0.15, -0.1) is 0 Å². The monoisotopic (exact) mass is 244 g/mol. The predicted octanol–water partition coefficient (Wildman–Crippen LogP) is 0.970. The van der Waals surface area contributed by atoms with E-state index in [0.29, 0.717) is 12.1 Å². The molecule has 0 aliphatic carbocycles. The van der Waals surface area contributed by atoms with Gasteiger partial charge in [-0.2, -0.15) is 5.10 Å². The number of phenols is 1. The second-order valence-electron chi connectivity index (χ2n) is 2.94. The Hall–Kier alpha value is -1.46. The average molecular weight is 245 g/mol. The van der Waals surface area contributed by atoms with Crippen molar-refractivity contribution < 1.29 is 14.9 Å². The Kier molecular flexibility index (Phi) is 4.88. The van der Waals surface area contributed by atoms with Crippen LogP contribution in [-0.4, -0.2) is 36.7 Å². The zero-order chi connectivity index (χ0) is 12.0. The highest BCUT2D eigenvalue weighted by molar-refractivity contribution is 6.32. The van der Waals surface area contributed by atoms with E-state index < -0.39 is 0 Å². The summed E-state index contributed by atoms with van der Waals surface area (Å²) in [7, 11) is 1.44. The van der Waals surface area contributed by atoms with Crippen molar-refractivity contribution in [3.63, 3.8) is 0 Å². The number of nitrogens with zero attached hydrogens (tertiary/aromatic N) is 1. The molecule has 5 nitrogen and oxygen atoms in total. The number of rotatable bonds is 5. The molecule has 0 bridgehead atoms. The Labute approximate surface area is 98.3 Å². The van der Waals surface area contributed by atoms with Crippen LogP contribution in [0.1, 0.15) is 5.56 Å². The van der Waals surface area contributed by atoms with E-state index in [4.69, 9.17) is 21.4 Å². The highest BCUT2D eigenvalue weighted by Gasteiger charge is 2.07. The van der Waals surface area contributed by atoms with Crippen molar-refractivity contribution in [3.05, 3.63) is 22.7 Å². The molecule has 0 spiro atoms. The molecule has 0 amide bonds. The zero-order valence-electron chi connectivity index (χ0n) is 8.77. The first-order valence-electron chi connectivity index (χ1n) is 4.62. The van der Waals surface area contributed by atoms with Gasteiger partial charge >= 0.3 is 0 Å². The molecule has 0 heterocycles. The van der Waals surface area contributed by atoms with Crippen LogP contribution >= 0.6 is 11.6 Å². The van der Waals surface area contributed by atoms with Crippen molar-refractivity contribution in [2.75, 3.05) is 20.3 Å². The summed E-state index contributed by atoms with van der Waals surface area (Å²) in [5.74, 6) is 0.195. The van der Waals surface area contributed by atoms with Gasteiger partial charge in [-0.25, -0.2) is 0 Å². The number of hydrogen-bond acceptors (Lipinski definition) is 5. The second kappa shape index (κ2) is 6.19. The van der Waals surface area contributed by atoms with Crippen LogP contribution in [0.2, 0.25) is 5.02 Å². The van der Waals surface area contributed by atoms with Crippen molar-refractivity contribution in [2.24, 2.45) is 5.10 Å². The third-order valence-corrected chi connectivity index (χ3v) is 2.09. The number of halogens is 1. The van der Waals surface area contributed by atoms with E-state index in [1.165, 1.54) is 13.3 Å². The maximum atomic E-state index is 9.48. The lowest BCUT2D eigenvalue weighted by Gasteiger charge is -2.05. The highest BCUT2D eigenvalue weighted by Crippen LogP contribution is 2.34. The normalized spacial score (nSPS) is 10.7. The number of aliphatic hydroxyl groups is 1. The molecule has 0 aromatic heterocycles. The Morgan fingerprint density at radius 1 is 1.56 bits per heavy atom. The lowest BCUT2D eigenvalue weighted by Crippen LogP contribution is -2.11. The third kappa shape index (κ3) is 3.29. The number of hydrogen-bond donors (Lipinski definition) is 3. The van der Waals surface area contributed by atoms with Gasteiger partial charge < -0.3 is 20.4 Å². The summed E-state index contributed by atoms with van der Waals surface area (Å²) >= 11 is 5.79. The van der Waals surface area contributed by atoms with Gasteiger partial charge in [-0.1, -0.05) is 11.6 Å². The van der Waals surface area contributed by atoms with Crippen LogP contribution in [0.3, 0.4) is 0 Å². The van der Waals surface area contributed by atoms with Gasteiger partial charge in [0.1, 0.15) is 0 Å². The van der Waals surface area contributed by atoms with Crippen molar-refractivity contribution in [2.45, 2.75) is 0 Å². The number of methoxy groups -OCH3 is 1. The molecule has 0 saturated heterocycles. The number of hydrazone groups is 1. The number of nitrogens with one attached hydrogen (secondary N) is 1. The van der Waals surface area contributed by atoms with Crippen LogP contribution in [-0.2, 0) is 0 Å². The summed E-state index contributed by atoms with van der Waals surface area (Å²) in [6.45, 7) is 0.385. The predicted molar refractivity (Wildman–Crippen MR) is 62.4 cm³/mol. The topological polar surface area (TPSA) is 74.1 Å². The van der Waals surface area contributed by atoms with Gasteiger partial charge in [0.15, 0.2) is 11.5 Å². The van der Waals surface area contributed by atoms with Crippen molar-refractivity contribution in [3.8, 4) is 11.5 Å². The quantitative estimate of drug-likeness (QED) is 0.410. The zero-order valence-corrected chi connectivity index (χ0v) is 9.53. The third-order valence-electron chi connectivity index (χ3n) is 1.80. The van der Waals surface area contributed by atoms with Gasteiger partial charge in [0.05, 0.1) is 31.5 Å². The van der Waals surface area contributed by atoms with Crippen molar-refractivity contribution >= 4 is 17.8 Å². The van der Waals surface area contributed by atoms with E-state index in [2.05, 4.69) is 10.5 Å². The van der Waals surface area contributed by atoms with E-state index in [1.54, 1.807) is 12.1 Å². The van der Waals surface area contributed by atoms with Gasteiger partial charge in [-0.3, -0.25) is 0 Å². The number of aromatic hydroxyl groups is 1. The molecular formula is C10H13ClN2O3. The minimum Gasteiger partial charge on any atom is -0.503 e. The van der Waals surface area contributed by atoms with Crippen LogP contribution in [0.4, 0.5) is 0 Å². The molecule has 6 heteroatoms. The summed E-state index contributed by atoms with van der Waals surface area (Å²) in [4.78, 5) is 0. The molecule has 0 saturated carbocycles. The molecular weight excluding hydrogens is 232 g/mol. The average Bonchev–Trinajstić information content (AvgIpc) is 2.29. The molecule has 1 rings (SSSR count). The van der Waals surface area contributed by atoms with Gasteiger partial charge in [-0.05, 0) is 17.7 Å². The molecule has 0 fully saturated rings. The summed E-state index contributed by atoms with van der Waals surface area (Å²) < 4.78 is 4.94. The highest BCUT2D eigenvalue weighted by atomic mass is 35.5. The summed E-state index contributed by atoms with van der Waals surface area (Å²) in [6.07, 6.45) is 1.52. The molecule has 0 unspecified atom stereocenters. The lowest BCUT2D eigenvalue weighted by molar-refractivity contribution is 0.294. The van der Waals surface area contributed by atoms with Gasteiger partial charge in [0.25, 0.3) is 0 Å². The largest absolute Gasteiger partial charge is 0.503 e. The standard InChI is InChI=1S/C10H13ClN2O3/c1-16-9-5-7(4-8(11)10(9)15)6-13-12-2-3-14/h4-6,12,14-15H,2-3H2,1H3. The Balaban J connectivity index is 2.81. The lowest BCUT2D eigenvalue weighted by atomic mass is 10.2. The fourth-order valence-electron chi connectivity index (χ4n) is 1.06. The first-order chi connectivity index (χ1) is 7.69. The molecule has 3 N–H and O–H groups in total. The van der Waals surface area contributed by atoms with E-state index in [-0.39, 0.29) is 23.1 Å². The van der Waals surface area contributed by atoms with Crippen LogP contribution in [0.5, 0.6) is 11.5 Å². The molecule has 0 radical (unpaired) electrons. The van der Waals surface area contributed by atoms with Crippen molar-refractivity contribution in [1.29, 1.82) is 0 Å². The molecule has 16 heavy (non-hydrogen) atoms. The Bertz CT molecular complexity index is 383. The van der Waals surface area contributed by atoms with Crippen LogP contribution in [0, 0.1) is 0 Å². The molecule has 1 aromatic carbocycles. The Morgan fingerprint density at radius 3 is 2.94 bits per heavy atom. The van der Waals surface area contributed by atoms with Gasteiger partial charge in [0, 0.05) is 0 Å².